The zero-order valence-corrected chi connectivity index (χ0v) is 12.3. The summed E-state index contributed by atoms with van der Waals surface area (Å²) < 4.78 is 38.4. The van der Waals surface area contributed by atoms with Gasteiger partial charge in [-0.2, -0.15) is 13.2 Å². The van der Waals surface area contributed by atoms with Crippen molar-refractivity contribution in [2.24, 2.45) is 0 Å². The van der Waals surface area contributed by atoms with Gasteiger partial charge in [0.2, 0.25) is 5.91 Å². The van der Waals surface area contributed by atoms with E-state index in [-0.39, 0.29) is 18.9 Å². The zero-order valence-electron chi connectivity index (χ0n) is 12.3. The van der Waals surface area contributed by atoms with Gasteiger partial charge in [0.25, 0.3) is 5.91 Å². The SMILES string of the molecule is O=C(CCNC(=O)c1cccnc1C(F)(F)F)Nc1ccncc1. The van der Waals surface area contributed by atoms with Crippen LogP contribution in [-0.4, -0.2) is 28.3 Å². The van der Waals surface area contributed by atoms with Crippen LogP contribution in [0.4, 0.5) is 18.9 Å². The molecular formula is C15H13F3N4O2. The van der Waals surface area contributed by atoms with Gasteiger partial charge in [0.15, 0.2) is 5.69 Å². The van der Waals surface area contributed by atoms with E-state index in [1.54, 1.807) is 12.1 Å². The third-order valence-electron chi connectivity index (χ3n) is 2.92. The van der Waals surface area contributed by atoms with E-state index in [1.807, 2.05) is 0 Å². The maximum atomic E-state index is 12.8. The molecule has 2 heterocycles. The molecule has 0 fully saturated rings. The molecule has 2 rings (SSSR count). The Morgan fingerprint density at radius 1 is 1.08 bits per heavy atom. The van der Waals surface area contributed by atoms with Crippen LogP contribution in [-0.2, 0) is 11.0 Å². The molecule has 0 aliphatic heterocycles. The van der Waals surface area contributed by atoms with Crippen LogP contribution in [0.15, 0.2) is 42.9 Å². The second-order valence-electron chi connectivity index (χ2n) is 4.69. The second kappa shape index (κ2) is 7.53. The fourth-order valence-corrected chi connectivity index (χ4v) is 1.86. The number of hydrogen-bond donors (Lipinski definition) is 2. The highest BCUT2D eigenvalue weighted by atomic mass is 19.4. The van der Waals surface area contributed by atoms with Crippen LogP contribution in [0, 0.1) is 0 Å². The third kappa shape index (κ3) is 4.77. The molecular weight excluding hydrogens is 325 g/mol. The van der Waals surface area contributed by atoms with Gasteiger partial charge < -0.3 is 10.6 Å². The first-order valence-corrected chi connectivity index (χ1v) is 6.88. The number of carbonyl (C=O) groups is 2. The van der Waals surface area contributed by atoms with Crippen LogP contribution in [0.3, 0.4) is 0 Å². The molecule has 0 saturated carbocycles. The normalized spacial score (nSPS) is 11.0. The number of amides is 2. The van der Waals surface area contributed by atoms with Gasteiger partial charge in [-0.05, 0) is 24.3 Å². The number of nitrogens with one attached hydrogen (secondary N) is 2. The van der Waals surface area contributed by atoms with Crippen molar-refractivity contribution in [3.63, 3.8) is 0 Å². The summed E-state index contributed by atoms with van der Waals surface area (Å²) in [5.74, 6) is -1.32. The fraction of sp³-hybridized carbons (Fsp3) is 0.200. The topological polar surface area (TPSA) is 84.0 Å². The van der Waals surface area contributed by atoms with Gasteiger partial charge in [-0.3, -0.25) is 19.6 Å². The predicted octanol–water partition coefficient (Wildman–Crippen LogP) is 2.25. The lowest BCUT2D eigenvalue weighted by atomic mass is 10.1. The number of carbonyl (C=O) groups excluding carboxylic acids is 2. The highest BCUT2D eigenvalue weighted by Gasteiger charge is 2.36. The van der Waals surface area contributed by atoms with E-state index in [9.17, 15) is 22.8 Å². The van der Waals surface area contributed by atoms with E-state index in [4.69, 9.17) is 0 Å². The van der Waals surface area contributed by atoms with Crippen molar-refractivity contribution in [2.75, 3.05) is 11.9 Å². The zero-order chi connectivity index (χ0) is 17.6. The van der Waals surface area contributed by atoms with E-state index in [0.29, 0.717) is 5.69 Å². The predicted molar refractivity (Wildman–Crippen MR) is 79.1 cm³/mol. The van der Waals surface area contributed by atoms with Crippen LogP contribution >= 0.6 is 0 Å². The number of nitrogens with zero attached hydrogens (tertiary/aromatic N) is 2. The smallest absolute Gasteiger partial charge is 0.351 e. The minimum absolute atomic E-state index is 0.0876. The Labute approximate surface area is 135 Å². The highest BCUT2D eigenvalue weighted by molar-refractivity contribution is 5.96. The van der Waals surface area contributed by atoms with Crippen molar-refractivity contribution in [2.45, 2.75) is 12.6 Å². The molecule has 0 bridgehead atoms. The Bertz CT molecular complexity index is 720. The lowest BCUT2D eigenvalue weighted by Gasteiger charge is -2.11. The summed E-state index contributed by atoms with van der Waals surface area (Å²) >= 11 is 0. The Hall–Kier alpha value is -2.97. The van der Waals surface area contributed by atoms with Crippen LogP contribution in [0.1, 0.15) is 22.5 Å². The Morgan fingerprint density at radius 2 is 1.79 bits per heavy atom. The molecule has 2 N–H and O–H groups in total. The van der Waals surface area contributed by atoms with Gasteiger partial charge in [0.05, 0.1) is 5.56 Å². The van der Waals surface area contributed by atoms with Crippen molar-refractivity contribution in [3.05, 3.63) is 54.1 Å². The summed E-state index contributed by atoms with van der Waals surface area (Å²) in [5.41, 5.74) is -1.31. The third-order valence-corrected chi connectivity index (χ3v) is 2.92. The molecule has 0 spiro atoms. The summed E-state index contributed by atoms with van der Waals surface area (Å²) in [4.78, 5) is 30.5. The molecule has 126 valence electrons. The fourth-order valence-electron chi connectivity index (χ4n) is 1.86. The highest BCUT2D eigenvalue weighted by Crippen LogP contribution is 2.29. The van der Waals surface area contributed by atoms with Crippen LogP contribution in [0.5, 0.6) is 0 Å². The van der Waals surface area contributed by atoms with Crippen molar-refractivity contribution in [1.29, 1.82) is 0 Å². The van der Waals surface area contributed by atoms with Crippen LogP contribution in [0.25, 0.3) is 0 Å². The average Bonchev–Trinajstić information content (AvgIpc) is 2.55. The molecule has 0 aliphatic rings. The van der Waals surface area contributed by atoms with Crippen molar-refractivity contribution < 1.29 is 22.8 Å². The molecule has 0 aliphatic carbocycles. The summed E-state index contributed by atoms with van der Waals surface area (Å²) in [6, 6.07) is 5.44. The average molecular weight is 338 g/mol. The van der Waals surface area contributed by atoms with E-state index >= 15 is 0 Å². The Morgan fingerprint density at radius 3 is 2.46 bits per heavy atom. The van der Waals surface area contributed by atoms with E-state index in [2.05, 4.69) is 20.6 Å². The Kier molecular flexibility index (Phi) is 5.46. The van der Waals surface area contributed by atoms with Gasteiger partial charge in [-0.25, -0.2) is 0 Å². The van der Waals surface area contributed by atoms with Gasteiger partial charge in [0, 0.05) is 37.2 Å². The quantitative estimate of drug-likeness (QED) is 0.876. The lowest BCUT2D eigenvalue weighted by molar-refractivity contribution is -0.141. The number of aromatic nitrogens is 2. The number of alkyl halides is 3. The summed E-state index contributed by atoms with van der Waals surface area (Å²) in [6.45, 7) is -0.109. The van der Waals surface area contributed by atoms with E-state index in [1.165, 1.54) is 18.5 Å². The first-order valence-electron chi connectivity index (χ1n) is 6.88. The minimum atomic E-state index is -4.73. The molecule has 2 aromatic rings. The number of halogens is 3. The van der Waals surface area contributed by atoms with Crippen molar-refractivity contribution in [1.82, 2.24) is 15.3 Å². The molecule has 6 nitrogen and oxygen atoms in total. The minimum Gasteiger partial charge on any atom is -0.351 e. The standard InChI is InChI=1S/C15H13F3N4O2/c16-15(17,18)13-11(2-1-6-20-13)14(24)21-9-5-12(23)22-10-3-7-19-8-4-10/h1-4,6-8H,5,9H2,(H,21,24)(H,19,22,23). The number of anilines is 1. The van der Waals surface area contributed by atoms with Gasteiger partial charge in [0.1, 0.15) is 0 Å². The number of rotatable bonds is 5. The van der Waals surface area contributed by atoms with Crippen LogP contribution < -0.4 is 10.6 Å². The molecule has 2 amide bonds. The van der Waals surface area contributed by atoms with E-state index in [0.717, 1.165) is 12.3 Å². The second-order valence-corrected chi connectivity index (χ2v) is 4.69. The Balaban J connectivity index is 1.89. The van der Waals surface area contributed by atoms with Crippen LogP contribution in [0.2, 0.25) is 0 Å². The van der Waals surface area contributed by atoms with Crippen molar-refractivity contribution >= 4 is 17.5 Å². The summed E-state index contributed by atoms with van der Waals surface area (Å²) in [5, 5.41) is 4.84. The molecule has 9 heteroatoms. The summed E-state index contributed by atoms with van der Waals surface area (Å²) in [6.07, 6.45) is -0.860. The van der Waals surface area contributed by atoms with Crippen molar-refractivity contribution in [3.8, 4) is 0 Å². The number of hydrogen-bond acceptors (Lipinski definition) is 4. The molecule has 0 unspecified atom stereocenters. The molecule has 0 saturated heterocycles. The molecule has 0 atom stereocenters. The maximum absolute atomic E-state index is 12.8. The van der Waals surface area contributed by atoms with Gasteiger partial charge in [-0.15, -0.1) is 0 Å². The molecule has 0 aromatic carbocycles. The molecule has 2 aromatic heterocycles. The first-order chi connectivity index (χ1) is 11.4. The van der Waals surface area contributed by atoms with Gasteiger partial charge in [-0.1, -0.05) is 0 Å². The molecule has 24 heavy (non-hydrogen) atoms. The monoisotopic (exact) mass is 338 g/mol. The first kappa shape index (κ1) is 17.4. The number of pyridine rings is 2. The largest absolute Gasteiger partial charge is 0.434 e. The lowest BCUT2D eigenvalue weighted by Crippen LogP contribution is -2.29. The molecule has 0 radical (unpaired) electrons. The van der Waals surface area contributed by atoms with Gasteiger partial charge >= 0.3 is 6.18 Å². The maximum Gasteiger partial charge on any atom is 0.434 e. The summed E-state index contributed by atoms with van der Waals surface area (Å²) in [7, 11) is 0. The van der Waals surface area contributed by atoms with E-state index < -0.39 is 23.3 Å².